The number of carbonyl (C=O) groups is 2. The van der Waals surface area contributed by atoms with Crippen LogP contribution in [0.4, 0.5) is 11.4 Å². The number of methoxy groups -OCH3 is 2. The first-order chi connectivity index (χ1) is 12.3. The second-order valence-electron chi connectivity index (χ2n) is 5.32. The lowest BCUT2D eigenvalue weighted by atomic mass is 10.2. The second-order valence-corrected chi connectivity index (χ2v) is 6.16. The molecule has 0 aliphatic heterocycles. The van der Waals surface area contributed by atoms with Crippen LogP contribution in [0.2, 0.25) is 10.0 Å². The highest BCUT2D eigenvalue weighted by atomic mass is 35.5. The van der Waals surface area contributed by atoms with Crippen molar-refractivity contribution in [3.63, 3.8) is 0 Å². The molecule has 0 radical (unpaired) electrons. The van der Waals surface area contributed by atoms with Gasteiger partial charge in [0.05, 0.1) is 24.9 Å². The molecule has 6 nitrogen and oxygen atoms in total. The summed E-state index contributed by atoms with van der Waals surface area (Å²) in [5.74, 6) is 0.281. The van der Waals surface area contributed by atoms with Gasteiger partial charge in [0.2, 0.25) is 11.8 Å². The van der Waals surface area contributed by atoms with Crippen molar-refractivity contribution < 1.29 is 19.1 Å². The summed E-state index contributed by atoms with van der Waals surface area (Å²) in [6.07, 6.45) is 0. The van der Waals surface area contributed by atoms with Crippen LogP contribution in [-0.4, -0.2) is 32.6 Å². The van der Waals surface area contributed by atoms with Gasteiger partial charge in [0.1, 0.15) is 6.54 Å². The summed E-state index contributed by atoms with van der Waals surface area (Å²) in [7, 11) is 3.01. The van der Waals surface area contributed by atoms with Crippen molar-refractivity contribution in [3.05, 3.63) is 46.4 Å². The zero-order chi connectivity index (χ0) is 19.3. The molecule has 0 unspecified atom stereocenters. The third-order valence-electron chi connectivity index (χ3n) is 3.57. The molecule has 0 aliphatic carbocycles. The third kappa shape index (κ3) is 4.80. The molecular weight excluding hydrogens is 379 g/mol. The quantitative estimate of drug-likeness (QED) is 0.800. The molecular formula is C18H18Cl2N2O4. The van der Waals surface area contributed by atoms with Crippen molar-refractivity contribution in [2.24, 2.45) is 0 Å². The van der Waals surface area contributed by atoms with Crippen LogP contribution in [0.1, 0.15) is 6.92 Å². The van der Waals surface area contributed by atoms with E-state index in [2.05, 4.69) is 5.32 Å². The Bertz CT molecular complexity index is 827. The fraction of sp³-hybridized carbons (Fsp3) is 0.222. The van der Waals surface area contributed by atoms with Crippen LogP contribution in [0.3, 0.4) is 0 Å². The Hall–Kier alpha value is -2.44. The van der Waals surface area contributed by atoms with Gasteiger partial charge in [-0.15, -0.1) is 0 Å². The smallest absolute Gasteiger partial charge is 0.244 e. The molecule has 0 aliphatic rings. The monoisotopic (exact) mass is 396 g/mol. The number of anilines is 2. The Morgan fingerprint density at radius 2 is 1.73 bits per heavy atom. The maximum Gasteiger partial charge on any atom is 0.244 e. The first-order valence-electron chi connectivity index (χ1n) is 7.60. The van der Waals surface area contributed by atoms with Gasteiger partial charge in [0.25, 0.3) is 0 Å². The van der Waals surface area contributed by atoms with Gasteiger partial charge in [-0.2, -0.15) is 0 Å². The van der Waals surface area contributed by atoms with Gasteiger partial charge in [-0.25, -0.2) is 0 Å². The zero-order valence-electron chi connectivity index (χ0n) is 14.5. The number of ether oxygens (including phenoxy) is 2. The average molecular weight is 397 g/mol. The first kappa shape index (κ1) is 19.9. The highest BCUT2D eigenvalue weighted by molar-refractivity contribution is 6.36. The number of amides is 2. The average Bonchev–Trinajstić information content (AvgIpc) is 2.61. The molecule has 138 valence electrons. The van der Waals surface area contributed by atoms with E-state index in [9.17, 15) is 9.59 Å². The minimum absolute atomic E-state index is 0.191. The standard InChI is InChI=1S/C18H18Cl2N2O4/c1-11(23)22(13-5-7-16(25-2)17(9-13)26-3)10-18(24)21-15-6-4-12(19)8-14(15)20/h4-9H,10H2,1-3H3,(H,21,24). The minimum Gasteiger partial charge on any atom is -0.493 e. The highest BCUT2D eigenvalue weighted by Crippen LogP contribution is 2.31. The van der Waals surface area contributed by atoms with Crippen molar-refractivity contribution in [2.45, 2.75) is 6.92 Å². The number of benzene rings is 2. The molecule has 0 bridgehead atoms. The van der Waals surface area contributed by atoms with E-state index < -0.39 is 5.91 Å². The molecule has 0 aromatic heterocycles. The number of nitrogens with zero attached hydrogens (tertiary/aromatic N) is 1. The minimum atomic E-state index is -0.404. The van der Waals surface area contributed by atoms with E-state index in [1.54, 1.807) is 30.3 Å². The molecule has 0 saturated carbocycles. The van der Waals surface area contributed by atoms with Gasteiger partial charge in [0, 0.05) is 23.7 Å². The predicted octanol–water partition coefficient (Wildman–Crippen LogP) is 4.00. The van der Waals surface area contributed by atoms with Gasteiger partial charge in [-0.3, -0.25) is 9.59 Å². The SMILES string of the molecule is COc1ccc(N(CC(=O)Nc2ccc(Cl)cc2Cl)C(C)=O)cc1OC. The van der Waals surface area contributed by atoms with E-state index in [-0.39, 0.29) is 12.5 Å². The van der Waals surface area contributed by atoms with Crippen molar-refractivity contribution in [1.29, 1.82) is 0 Å². The largest absolute Gasteiger partial charge is 0.493 e. The number of hydrogen-bond donors (Lipinski definition) is 1. The van der Waals surface area contributed by atoms with Gasteiger partial charge >= 0.3 is 0 Å². The van der Waals surface area contributed by atoms with E-state index in [1.807, 2.05) is 0 Å². The summed E-state index contributed by atoms with van der Waals surface area (Å²) in [5.41, 5.74) is 0.921. The summed E-state index contributed by atoms with van der Waals surface area (Å²) in [6.45, 7) is 1.18. The van der Waals surface area contributed by atoms with Crippen molar-refractivity contribution in [2.75, 3.05) is 31.0 Å². The fourth-order valence-electron chi connectivity index (χ4n) is 2.30. The molecule has 0 spiro atoms. The lowest BCUT2D eigenvalue weighted by Gasteiger charge is -2.22. The molecule has 2 aromatic carbocycles. The van der Waals surface area contributed by atoms with E-state index in [0.29, 0.717) is 32.9 Å². The number of nitrogens with one attached hydrogen (secondary N) is 1. The van der Waals surface area contributed by atoms with E-state index in [4.69, 9.17) is 32.7 Å². The van der Waals surface area contributed by atoms with Crippen LogP contribution in [0.15, 0.2) is 36.4 Å². The van der Waals surface area contributed by atoms with Gasteiger partial charge in [-0.1, -0.05) is 23.2 Å². The van der Waals surface area contributed by atoms with Crippen LogP contribution in [0.5, 0.6) is 11.5 Å². The maximum absolute atomic E-state index is 12.4. The molecule has 2 aromatic rings. The third-order valence-corrected chi connectivity index (χ3v) is 4.11. The zero-order valence-corrected chi connectivity index (χ0v) is 16.0. The predicted molar refractivity (Wildman–Crippen MR) is 103 cm³/mol. The van der Waals surface area contributed by atoms with Crippen LogP contribution < -0.4 is 19.7 Å². The molecule has 2 amide bonds. The molecule has 0 fully saturated rings. The molecule has 0 saturated heterocycles. The topological polar surface area (TPSA) is 67.9 Å². The molecule has 26 heavy (non-hydrogen) atoms. The molecule has 8 heteroatoms. The molecule has 0 heterocycles. The van der Waals surface area contributed by atoms with Crippen LogP contribution in [0.25, 0.3) is 0 Å². The highest BCUT2D eigenvalue weighted by Gasteiger charge is 2.18. The summed E-state index contributed by atoms with van der Waals surface area (Å²) in [4.78, 5) is 25.7. The van der Waals surface area contributed by atoms with Gasteiger partial charge < -0.3 is 19.7 Å². The Balaban J connectivity index is 2.20. The van der Waals surface area contributed by atoms with Gasteiger partial charge in [0.15, 0.2) is 11.5 Å². The number of rotatable bonds is 6. The first-order valence-corrected chi connectivity index (χ1v) is 8.36. The van der Waals surface area contributed by atoms with Crippen molar-refractivity contribution in [3.8, 4) is 11.5 Å². The van der Waals surface area contributed by atoms with Crippen molar-refractivity contribution >= 4 is 46.4 Å². The van der Waals surface area contributed by atoms with E-state index in [1.165, 1.54) is 32.1 Å². The Morgan fingerprint density at radius 1 is 1.04 bits per heavy atom. The van der Waals surface area contributed by atoms with E-state index >= 15 is 0 Å². The van der Waals surface area contributed by atoms with Crippen molar-refractivity contribution in [1.82, 2.24) is 0 Å². The molecule has 0 atom stereocenters. The number of halogens is 2. The maximum atomic E-state index is 12.4. The lowest BCUT2D eigenvalue weighted by molar-refractivity contribution is -0.120. The molecule has 1 N–H and O–H groups in total. The summed E-state index contributed by atoms with van der Waals surface area (Å²) in [6, 6.07) is 9.69. The summed E-state index contributed by atoms with van der Waals surface area (Å²) >= 11 is 11.9. The normalized spacial score (nSPS) is 10.2. The fourth-order valence-corrected chi connectivity index (χ4v) is 2.76. The number of carbonyl (C=O) groups excluding carboxylic acids is 2. The van der Waals surface area contributed by atoms with Crippen LogP contribution >= 0.6 is 23.2 Å². The Kier molecular flexibility index (Phi) is 6.71. The van der Waals surface area contributed by atoms with Gasteiger partial charge in [-0.05, 0) is 30.3 Å². The second kappa shape index (κ2) is 8.78. The van der Waals surface area contributed by atoms with E-state index in [0.717, 1.165) is 0 Å². The van der Waals surface area contributed by atoms with Crippen LogP contribution in [-0.2, 0) is 9.59 Å². The summed E-state index contributed by atoms with van der Waals surface area (Å²) < 4.78 is 10.4. The Labute approximate surface area is 161 Å². The molecule has 2 rings (SSSR count). The van der Waals surface area contributed by atoms with Crippen LogP contribution in [0, 0.1) is 0 Å². The lowest BCUT2D eigenvalue weighted by Crippen LogP contribution is -2.36. The number of hydrogen-bond acceptors (Lipinski definition) is 4. The Morgan fingerprint density at radius 3 is 2.31 bits per heavy atom. The summed E-state index contributed by atoms with van der Waals surface area (Å²) in [5, 5.41) is 3.44.